The summed E-state index contributed by atoms with van der Waals surface area (Å²) in [4.78, 5) is 0. The Hall–Kier alpha value is -0.300. The largest absolute Gasteiger partial charge is 0.313 e. The van der Waals surface area contributed by atoms with Crippen LogP contribution in [0.25, 0.3) is 0 Å². The molecule has 1 aliphatic rings. The molecule has 0 aromatic rings. The predicted octanol–water partition coefficient (Wildman–Crippen LogP) is 4.05. The fraction of sp³-hybridized carbons (Fsp3) is 0.857. The van der Waals surface area contributed by atoms with Crippen LogP contribution in [0.3, 0.4) is 0 Å². The van der Waals surface area contributed by atoms with E-state index in [4.69, 9.17) is 0 Å². The maximum absolute atomic E-state index is 3.38. The Morgan fingerprint density at radius 2 is 1.80 bits per heavy atom. The van der Waals surface area contributed by atoms with E-state index in [0.717, 1.165) is 6.54 Å². The molecule has 0 amide bonds. The zero-order valence-electron chi connectivity index (χ0n) is 10.4. The highest BCUT2D eigenvalue weighted by atomic mass is 14.9. The molecule has 1 N–H and O–H groups in total. The second kappa shape index (κ2) is 8.96. The van der Waals surface area contributed by atoms with Crippen molar-refractivity contribution in [2.45, 2.75) is 64.7 Å². The Kier molecular flexibility index (Phi) is 7.63. The third kappa shape index (κ3) is 6.72. The zero-order chi connectivity index (χ0) is 10.8. The topological polar surface area (TPSA) is 12.0 Å². The first-order valence-electron chi connectivity index (χ1n) is 6.82. The van der Waals surface area contributed by atoms with Crippen molar-refractivity contribution in [1.29, 1.82) is 0 Å². The highest BCUT2D eigenvalue weighted by Crippen LogP contribution is 2.11. The van der Waals surface area contributed by atoms with E-state index in [1.165, 1.54) is 64.3 Å². The lowest BCUT2D eigenvalue weighted by atomic mass is 10.1. The molecule has 88 valence electrons. The lowest BCUT2D eigenvalue weighted by molar-refractivity contribution is 0.591. The number of hydrogen-bond acceptors (Lipinski definition) is 1. The minimum absolute atomic E-state index is 1.15. The van der Waals surface area contributed by atoms with E-state index in [0.29, 0.717) is 0 Å². The monoisotopic (exact) mass is 209 g/mol. The van der Waals surface area contributed by atoms with Crippen LogP contribution >= 0.6 is 0 Å². The number of nitrogens with one attached hydrogen (secondary N) is 1. The van der Waals surface area contributed by atoms with Crippen LogP contribution in [0.5, 0.6) is 0 Å². The summed E-state index contributed by atoms with van der Waals surface area (Å²) in [7, 11) is 0. The first-order chi connectivity index (χ1) is 7.43. The lowest BCUT2D eigenvalue weighted by Gasteiger charge is -1.99. The molecule has 0 spiro atoms. The molecule has 0 radical (unpaired) electrons. The van der Waals surface area contributed by atoms with Gasteiger partial charge in [0.15, 0.2) is 0 Å². The van der Waals surface area contributed by atoms with Crippen LogP contribution in [0.15, 0.2) is 11.6 Å². The summed E-state index contributed by atoms with van der Waals surface area (Å²) in [5, 5.41) is 3.38. The van der Waals surface area contributed by atoms with Crippen molar-refractivity contribution in [3.63, 3.8) is 0 Å². The molecule has 0 aliphatic carbocycles. The molecular weight excluding hydrogens is 182 g/mol. The molecular formula is C14H27N. The zero-order valence-corrected chi connectivity index (χ0v) is 10.4. The molecule has 1 aliphatic heterocycles. The highest BCUT2D eigenvalue weighted by Gasteiger charge is 2.03. The maximum atomic E-state index is 3.38. The Morgan fingerprint density at radius 1 is 1.07 bits per heavy atom. The average molecular weight is 209 g/mol. The average Bonchev–Trinajstić information content (AvgIpc) is 2.75. The van der Waals surface area contributed by atoms with Gasteiger partial charge in [0.05, 0.1) is 0 Å². The quantitative estimate of drug-likeness (QED) is 0.470. The molecule has 1 saturated heterocycles. The third-order valence-corrected chi connectivity index (χ3v) is 3.22. The van der Waals surface area contributed by atoms with Crippen LogP contribution in [-0.2, 0) is 0 Å². The van der Waals surface area contributed by atoms with Crippen LogP contribution in [0.4, 0.5) is 0 Å². The van der Waals surface area contributed by atoms with Gasteiger partial charge < -0.3 is 5.32 Å². The molecule has 1 fully saturated rings. The van der Waals surface area contributed by atoms with Crippen LogP contribution in [0.2, 0.25) is 0 Å². The fourth-order valence-electron chi connectivity index (χ4n) is 2.17. The summed E-state index contributed by atoms with van der Waals surface area (Å²) in [5.74, 6) is 0. The third-order valence-electron chi connectivity index (χ3n) is 3.22. The van der Waals surface area contributed by atoms with Crippen LogP contribution in [0, 0.1) is 0 Å². The summed E-state index contributed by atoms with van der Waals surface area (Å²) < 4.78 is 0. The van der Waals surface area contributed by atoms with E-state index in [-0.39, 0.29) is 0 Å². The van der Waals surface area contributed by atoms with E-state index in [1.807, 2.05) is 0 Å². The number of rotatable bonds is 8. The lowest BCUT2D eigenvalue weighted by Crippen LogP contribution is -2.04. The Bertz CT molecular complexity index is 164. The van der Waals surface area contributed by atoms with Gasteiger partial charge in [0.1, 0.15) is 0 Å². The molecule has 0 atom stereocenters. The molecule has 1 nitrogen and oxygen atoms in total. The van der Waals surface area contributed by atoms with Gasteiger partial charge in [-0.3, -0.25) is 0 Å². The normalized spacial score (nSPS) is 18.9. The molecule has 0 aromatic carbocycles. The Labute approximate surface area is 95.3 Å². The van der Waals surface area contributed by atoms with Gasteiger partial charge >= 0.3 is 0 Å². The molecule has 0 unspecified atom stereocenters. The molecule has 1 heteroatoms. The second-order valence-corrected chi connectivity index (χ2v) is 4.70. The fourth-order valence-corrected chi connectivity index (χ4v) is 2.17. The molecule has 1 heterocycles. The van der Waals surface area contributed by atoms with Crippen molar-refractivity contribution < 1.29 is 0 Å². The van der Waals surface area contributed by atoms with E-state index in [1.54, 1.807) is 5.57 Å². The molecule has 0 bridgehead atoms. The number of hydrogen-bond donors (Lipinski definition) is 1. The first kappa shape index (κ1) is 12.8. The predicted molar refractivity (Wildman–Crippen MR) is 68.2 cm³/mol. The van der Waals surface area contributed by atoms with E-state index >= 15 is 0 Å². The standard InChI is InChI=1S/C14H27N/c1-2-3-4-5-6-7-8-9-10-14-11-12-15-13-14/h10,15H,2-9,11-13H2,1H3. The summed E-state index contributed by atoms with van der Waals surface area (Å²) in [6.45, 7) is 4.63. The van der Waals surface area contributed by atoms with Gasteiger partial charge in [-0.15, -0.1) is 0 Å². The molecule has 0 aromatic heterocycles. The van der Waals surface area contributed by atoms with E-state index in [2.05, 4.69) is 18.3 Å². The maximum Gasteiger partial charge on any atom is 0.0165 e. The van der Waals surface area contributed by atoms with Crippen molar-refractivity contribution >= 4 is 0 Å². The Morgan fingerprint density at radius 3 is 2.47 bits per heavy atom. The van der Waals surface area contributed by atoms with Crippen LogP contribution in [0.1, 0.15) is 64.7 Å². The van der Waals surface area contributed by atoms with Gasteiger partial charge in [0.25, 0.3) is 0 Å². The van der Waals surface area contributed by atoms with Crippen LogP contribution < -0.4 is 5.32 Å². The second-order valence-electron chi connectivity index (χ2n) is 4.70. The van der Waals surface area contributed by atoms with Crippen molar-refractivity contribution in [1.82, 2.24) is 5.32 Å². The van der Waals surface area contributed by atoms with Crippen molar-refractivity contribution in [3.8, 4) is 0 Å². The molecule has 1 rings (SSSR count). The van der Waals surface area contributed by atoms with Crippen molar-refractivity contribution in [3.05, 3.63) is 11.6 Å². The van der Waals surface area contributed by atoms with Crippen molar-refractivity contribution in [2.24, 2.45) is 0 Å². The highest BCUT2D eigenvalue weighted by molar-refractivity contribution is 5.08. The van der Waals surface area contributed by atoms with Gasteiger partial charge in [-0.1, -0.05) is 57.1 Å². The van der Waals surface area contributed by atoms with Gasteiger partial charge in [-0.05, 0) is 25.8 Å². The first-order valence-corrected chi connectivity index (χ1v) is 6.82. The summed E-state index contributed by atoms with van der Waals surface area (Å²) in [5.41, 5.74) is 1.64. The summed E-state index contributed by atoms with van der Waals surface area (Å²) >= 11 is 0. The molecule has 0 saturated carbocycles. The Balaban J connectivity index is 1.82. The minimum Gasteiger partial charge on any atom is -0.313 e. The summed E-state index contributed by atoms with van der Waals surface area (Å²) in [6.07, 6.45) is 15.0. The van der Waals surface area contributed by atoms with E-state index in [9.17, 15) is 0 Å². The van der Waals surface area contributed by atoms with Crippen molar-refractivity contribution in [2.75, 3.05) is 13.1 Å². The molecule has 15 heavy (non-hydrogen) atoms. The smallest absolute Gasteiger partial charge is 0.0165 e. The SMILES string of the molecule is CCCCCCCCCC=C1CCNC1. The van der Waals surface area contributed by atoms with Crippen LogP contribution in [-0.4, -0.2) is 13.1 Å². The number of allylic oxidation sites excluding steroid dienone is 1. The number of unbranched alkanes of at least 4 members (excludes halogenated alkanes) is 7. The van der Waals surface area contributed by atoms with Gasteiger partial charge in [0, 0.05) is 6.54 Å². The van der Waals surface area contributed by atoms with Gasteiger partial charge in [-0.25, -0.2) is 0 Å². The van der Waals surface area contributed by atoms with E-state index < -0.39 is 0 Å². The summed E-state index contributed by atoms with van der Waals surface area (Å²) in [6, 6.07) is 0. The van der Waals surface area contributed by atoms with Gasteiger partial charge in [0.2, 0.25) is 0 Å². The minimum atomic E-state index is 1.15. The van der Waals surface area contributed by atoms with Gasteiger partial charge in [-0.2, -0.15) is 0 Å².